The maximum Gasteiger partial charge on any atom is 0.330 e. The molecule has 0 bridgehead atoms. The van der Waals surface area contributed by atoms with Gasteiger partial charge >= 0.3 is 6.03 Å². The van der Waals surface area contributed by atoms with Crippen molar-refractivity contribution in [1.29, 1.82) is 0 Å². The van der Waals surface area contributed by atoms with E-state index in [9.17, 15) is 9.59 Å². The molecule has 1 atom stereocenters. The molecule has 1 aliphatic heterocycles. The highest BCUT2D eigenvalue weighted by Gasteiger charge is 2.42. The van der Waals surface area contributed by atoms with E-state index < -0.39 is 0 Å². The van der Waals surface area contributed by atoms with Crippen LogP contribution < -0.4 is 5.32 Å². The third kappa shape index (κ3) is 3.75. The number of nitrogens with one attached hydrogen (secondary N) is 1. The first-order valence-electron chi connectivity index (χ1n) is 10.0. The quantitative estimate of drug-likeness (QED) is 0.702. The molecule has 0 spiro atoms. The van der Waals surface area contributed by atoms with Crippen LogP contribution in [-0.2, 0) is 4.79 Å². The third-order valence-electron chi connectivity index (χ3n) is 5.62. The number of rotatable bonds is 2. The second-order valence-electron chi connectivity index (χ2n) is 8.63. The van der Waals surface area contributed by atoms with Gasteiger partial charge < -0.3 is 5.32 Å². The lowest BCUT2D eigenvalue weighted by Gasteiger charge is -2.42. The predicted octanol–water partition coefficient (Wildman–Crippen LogP) is 5.86. The summed E-state index contributed by atoms with van der Waals surface area (Å²) in [5.74, 6) is 0.0157. The summed E-state index contributed by atoms with van der Waals surface area (Å²) in [6.07, 6.45) is 3.22. The number of anilines is 1. The summed E-state index contributed by atoms with van der Waals surface area (Å²) >= 11 is 0. The number of nitrogens with zero attached hydrogens (tertiary/aromatic N) is 1. The highest BCUT2D eigenvalue weighted by Crippen LogP contribution is 2.47. The maximum absolute atomic E-state index is 13.2. The van der Waals surface area contributed by atoms with Gasteiger partial charge in [0.1, 0.15) is 0 Å². The summed E-state index contributed by atoms with van der Waals surface area (Å²) in [7, 11) is 0. The molecule has 2 aromatic rings. The Bertz CT molecular complexity index is 1000. The summed E-state index contributed by atoms with van der Waals surface area (Å²) in [5.41, 5.74) is 4.06. The van der Waals surface area contributed by atoms with Gasteiger partial charge in [-0.1, -0.05) is 68.5 Å². The minimum atomic E-state index is -0.227. The van der Waals surface area contributed by atoms with Gasteiger partial charge in [-0.2, -0.15) is 0 Å². The lowest BCUT2D eigenvalue weighted by atomic mass is 9.70. The van der Waals surface area contributed by atoms with E-state index in [1.54, 1.807) is 4.90 Å². The number of hydrogen-bond acceptors (Lipinski definition) is 2. The maximum atomic E-state index is 13.2. The topological polar surface area (TPSA) is 49.4 Å². The highest BCUT2D eigenvalue weighted by molar-refractivity contribution is 6.02. The zero-order valence-corrected chi connectivity index (χ0v) is 17.1. The van der Waals surface area contributed by atoms with Crippen LogP contribution in [0.15, 0.2) is 83.7 Å². The summed E-state index contributed by atoms with van der Waals surface area (Å²) in [6.45, 7) is 6.12. The highest BCUT2D eigenvalue weighted by atomic mass is 16.2. The first-order valence-corrected chi connectivity index (χ1v) is 10.0. The molecule has 1 unspecified atom stereocenters. The molecule has 0 saturated carbocycles. The van der Waals surface area contributed by atoms with Crippen LogP contribution in [0.1, 0.15) is 45.1 Å². The number of carbonyl (C=O) groups is 2. The first kappa shape index (κ1) is 19.2. The molecule has 1 aliphatic carbocycles. The van der Waals surface area contributed by atoms with Crippen LogP contribution in [0.5, 0.6) is 0 Å². The monoisotopic (exact) mass is 386 g/mol. The van der Waals surface area contributed by atoms with Crippen molar-refractivity contribution < 1.29 is 9.59 Å². The van der Waals surface area contributed by atoms with Crippen LogP contribution in [0.4, 0.5) is 10.5 Å². The lowest BCUT2D eigenvalue weighted by Crippen LogP contribution is -2.42. The fraction of sp³-hybridized carbons (Fsp3) is 0.280. The third-order valence-corrected chi connectivity index (χ3v) is 5.62. The Labute approximate surface area is 171 Å². The zero-order valence-electron chi connectivity index (χ0n) is 17.1. The number of amides is 2. The van der Waals surface area contributed by atoms with Crippen LogP contribution in [0.3, 0.4) is 0 Å². The molecule has 0 fully saturated rings. The molecule has 2 amide bonds. The van der Waals surface area contributed by atoms with Gasteiger partial charge in [0, 0.05) is 35.0 Å². The van der Waals surface area contributed by atoms with Crippen molar-refractivity contribution in [2.45, 2.75) is 39.5 Å². The van der Waals surface area contributed by atoms with Gasteiger partial charge in [0.25, 0.3) is 0 Å². The van der Waals surface area contributed by atoms with Gasteiger partial charge in [0.05, 0.1) is 0 Å². The summed E-state index contributed by atoms with van der Waals surface area (Å²) in [6, 6.07) is 19.2. The van der Waals surface area contributed by atoms with Crippen molar-refractivity contribution >= 4 is 17.5 Å². The van der Waals surface area contributed by atoms with Crippen molar-refractivity contribution in [2.75, 3.05) is 5.32 Å². The summed E-state index contributed by atoms with van der Waals surface area (Å²) in [5, 5.41) is 2.97. The predicted molar refractivity (Wildman–Crippen MR) is 115 cm³/mol. The number of hydrogen-bond donors (Lipinski definition) is 1. The smallest absolute Gasteiger partial charge is 0.307 e. The largest absolute Gasteiger partial charge is 0.330 e. The fourth-order valence-electron chi connectivity index (χ4n) is 4.37. The van der Waals surface area contributed by atoms with E-state index >= 15 is 0 Å². The minimum Gasteiger partial charge on any atom is -0.307 e. The molecule has 2 aromatic carbocycles. The molecule has 148 valence electrons. The Morgan fingerprint density at radius 3 is 2.28 bits per heavy atom. The Hall–Kier alpha value is -3.14. The van der Waals surface area contributed by atoms with Crippen LogP contribution >= 0.6 is 0 Å². The van der Waals surface area contributed by atoms with E-state index in [1.165, 1.54) is 0 Å². The van der Waals surface area contributed by atoms with Crippen LogP contribution in [0, 0.1) is 5.41 Å². The number of Topliss-reactive ketones (excluding diaryl/α,β-unsaturated/α-hetero) is 1. The molecule has 0 saturated heterocycles. The van der Waals surface area contributed by atoms with Gasteiger partial charge in [-0.3, -0.25) is 9.69 Å². The Morgan fingerprint density at radius 2 is 1.62 bits per heavy atom. The number of carbonyl (C=O) groups excluding carboxylic acids is 2. The van der Waals surface area contributed by atoms with Crippen molar-refractivity contribution in [3.63, 3.8) is 0 Å². The summed E-state index contributed by atoms with van der Waals surface area (Å²) in [4.78, 5) is 28.1. The fourth-order valence-corrected chi connectivity index (χ4v) is 4.37. The SMILES string of the molecule is CC1=CC(c2ccccc2)C2=C(CC(C)(C)CC2=O)N1C(=O)Nc1ccccc1. The molecule has 0 aromatic heterocycles. The first-order chi connectivity index (χ1) is 13.9. The van der Waals surface area contributed by atoms with Crippen molar-refractivity contribution in [3.05, 3.63) is 89.3 Å². The molecule has 1 heterocycles. The van der Waals surface area contributed by atoms with Gasteiger partial charge in [-0.15, -0.1) is 0 Å². The molecular weight excluding hydrogens is 360 g/mol. The Kier molecular flexibility index (Phi) is 4.87. The Balaban J connectivity index is 1.78. The van der Waals surface area contributed by atoms with Gasteiger partial charge in [0.2, 0.25) is 0 Å². The molecule has 2 aliphatic rings. The van der Waals surface area contributed by atoms with Crippen LogP contribution in [0.2, 0.25) is 0 Å². The molecule has 4 heteroatoms. The Morgan fingerprint density at radius 1 is 1.00 bits per heavy atom. The number of benzene rings is 2. The average Bonchev–Trinajstić information content (AvgIpc) is 2.67. The van der Waals surface area contributed by atoms with E-state index in [0.29, 0.717) is 12.8 Å². The van der Waals surface area contributed by atoms with Crippen molar-refractivity contribution in [1.82, 2.24) is 4.90 Å². The van der Waals surface area contributed by atoms with E-state index in [4.69, 9.17) is 0 Å². The molecule has 1 N–H and O–H groups in total. The van der Waals surface area contributed by atoms with E-state index in [1.807, 2.05) is 73.7 Å². The number of para-hydroxylation sites is 1. The lowest BCUT2D eigenvalue weighted by molar-refractivity contribution is -0.118. The second-order valence-corrected chi connectivity index (χ2v) is 8.63. The molecular formula is C25H26N2O2. The normalized spacial score (nSPS) is 20.8. The minimum absolute atomic E-state index is 0.115. The standard InChI is InChI=1S/C25H26N2O2/c1-17-14-20(18-10-6-4-7-11-18)23-21(15-25(2,3)16-22(23)28)27(17)24(29)26-19-12-8-5-9-13-19/h4-14,20H,15-16H2,1-3H3,(H,26,29). The second kappa shape index (κ2) is 7.36. The van der Waals surface area contributed by atoms with Crippen LogP contribution in [-0.4, -0.2) is 16.7 Å². The molecule has 0 radical (unpaired) electrons. The van der Waals surface area contributed by atoms with E-state index in [-0.39, 0.29) is 23.1 Å². The number of urea groups is 1. The van der Waals surface area contributed by atoms with E-state index in [2.05, 4.69) is 19.2 Å². The van der Waals surface area contributed by atoms with Crippen molar-refractivity contribution in [2.24, 2.45) is 5.41 Å². The van der Waals surface area contributed by atoms with Gasteiger partial charge in [-0.05, 0) is 36.5 Å². The summed E-state index contributed by atoms with van der Waals surface area (Å²) < 4.78 is 0. The number of allylic oxidation sites excluding steroid dienone is 4. The average molecular weight is 386 g/mol. The zero-order chi connectivity index (χ0) is 20.6. The van der Waals surface area contributed by atoms with Gasteiger partial charge in [0.15, 0.2) is 5.78 Å². The molecule has 4 rings (SSSR count). The van der Waals surface area contributed by atoms with Crippen molar-refractivity contribution in [3.8, 4) is 0 Å². The molecule has 4 nitrogen and oxygen atoms in total. The van der Waals surface area contributed by atoms with E-state index in [0.717, 1.165) is 28.2 Å². The molecule has 29 heavy (non-hydrogen) atoms. The van der Waals surface area contributed by atoms with Crippen LogP contribution in [0.25, 0.3) is 0 Å². The number of ketones is 1. The van der Waals surface area contributed by atoms with Gasteiger partial charge in [-0.25, -0.2) is 4.79 Å².